The zero-order valence-corrected chi connectivity index (χ0v) is 15.5. The van der Waals surface area contributed by atoms with Gasteiger partial charge in [0.15, 0.2) is 0 Å². The van der Waals surface area contributed by atoms with Gasteiger partial charge in [0, 0.05) is 15.4 Å². The third-order valence-electron chi connectivity index (χ3n) is 3.54. The minimum absolute atomic E-state index is 0.0595. The van der Waals surface area contributed by atoms with E-state index in [1.807, 2.05) is 30.3 Å². The van der Waals surface area contributed by atoms with Crippen LogP contribution in [-0.4, -0.2) is 4.98 Å². The molecule has 0 unspecified atom stereocenters. The van der Waals surface area contributed by atoms with Crippen LogP contribution in [0.2, 0.25) is 0 Å². The van der Waals surface area contributed by atoms with Gasteiger partial charge in [-0.25, -0.2) is 4.98 Å². The van der Waals surface area contributed by atoms with E-state index in [9.17, 15) is 18.4 Å². The van der Waals surface area contributed by atoms with Gasteiger partial charge in [0.1, 0.15) is 11.1 Å². The van der Waals surface area contributed by atoms with Crippen molar-refractivity contribution in [3.63, 3.8) is 0 Å². The van der Waals surface area contributed by atoms with Crippen LogP contribution in [0.5, 0.6) is 0 Å². The van der Waals surface area contributed by atoms with Crippen molar-refractivity contribution in [3.8, 4) is 17.3 Å². The summed E-state index contributed by atoms with van der Waals surface area (Å²) < 4.78 is 40.3. The van der Waals surface area contributed by atoms with Crippen LogP contribution in [0.25, 0.3) is 22.9 Å². The predicted octanol–water partition coefficient (Wildman–Crippen LogP) is 6.66. The van der Waals surface area contributed by atoms with E-state index < -0.39 is 11.7 Å². The predicted molar refractivity (Wildman–Crippen MR) is 100 cm³/mol. The smallest absolute Gasteiger partial charge is 0.235 e. The second-order valence-electron chi connectivity index (χ2n) is 5.30. The van der Waals surface area contributed by atoms with E-state index >= 15 is 0 Å². The lowest BCUT2D eigenvalue weighted by Crippen LogP contribution is -2.07. The number of benzene rings is 2. The normalized spacial score (nSPS) is 12.0. The molecular formula is C19H10BrF3N2S. The first-order valence-corrected chi connectivity index (χ1v) is 9.05. The van der Waals surface area contributed by atoms with E-state index in [0.717, 1.165) is 16.1 Å². The molecule has 0 bridgehead atoms. The fourth-order valence-electron chi connectivity index (χ4n) is 2.36. The van der Waals surface area contributed by atoms with Crippen LogP contribution in [-0.2, 0) is 6.18 Å². The molecule has 0 saturated heterocycles. The highest BCUT2D eigenvalue weighted by Gasteiger charge is 2.32. The summed E-state index contributed by atoms with van der Waals surface area (Å²) in [7, 11) is 0. The van der Waals surface area contributed by atoms with Gasteiger partial charge in [-0.1, -0.05) is 46.3 Å². The molecule has 3 rings (SSSR count). The van der Waals surface area contributed by atoms with Gasteiger partial charge in [0.25, 0.3) is 0 Å². The molecule has 1 aromatic heterocycles. The minimum Gasteiger partial charge on any atom is -0.235 e. The average Bonchev–Trinajstić information content (AvgIpc) is 3.09. The van der Waals surface area contributed by atoms with Crippen LogP contribution in [0, 0.1) is 11.3 Å². The third kappa shape index (κ3) is 4.03. The Balaban J connectivity index is 2.02. The van der Waals surface area contributed by atoms with Gasteiger partial charge in [-0.3, -0.25) is 0 Å². The molecule has 3 aromatic rings. The molecule has 0 saturated carbocycles. The molecule has 7 heteroatoms. The molecular weight excluding hydrogens is 425 g/mol. The molecule has 130 valence electrons. The van der Waals surface area contributed by atoms with Crippen LogP contribution in [0.15, 0.2) is 58.4 Å². The number of aromatic nitrogens is 1. The first kappa shape index (κ1) is 18.4. The molecule has 26 heavy (non-hydrogen) atoms. The summed E-state index contributed by atoms with van der Waals surface area (Å²) in [6, 6.07) is 14.6. The highest BCUT2D eigenvalue weighted by molar-refractivity contribution is 9.10. The van der Waals surface area contributed by atoms with E-state index in [1.165, 1.54) is 35.6 Å². The van der Waals surface area contributed by atoms with Gasteiger partial charge in [0.05, 0.1) is 16.8 Å². The fraction of sp³-hybridized carbons (Fsp3) is 0.0526. The quantitative estimate of drug-likeness (QED) is 0.432. The van der Waals surface area contributed by atoms with Crippen molar-refractivity contribution in [1.82, 2.24) is 4.98 Å². The van der Waals surface area contributed by atoms with Gasteiger partial charge in [-0.15, -0.1) is 11.3 Å². The summed E-state index contributed by atoms with van der Waals surface area (Å²) >= 11 is 4.60. The monoisotopic (exact) mass is 434 g/mol. The summed E-state index contributed by atoms with van der Waals surface area (Å²) in [5.74, 6) is 0. The van der Waals surface area contributed by atoms with E-state index in [0.29, 0.717) is 10.7 Å². The summed E-state index contributed by atoms with van der Waals surface area (Å²) in [6.45, 7) is 0. The highest BCUT2D eigenvalue weighted by Crippen LogP contribution is 2.34. The molecule has 1 heterocycles. The number of allylic oxidation sites excluding steroid dienone is 1. The number of halogens is 4. The number of hydrogen-bond acceptors (Lipinski definition) is 3. The third-order valence-corrected chi connectivity index (χ3v) is 4.91. The van der Waals surface area contributed by atoms with Crippen molar-refractivity contribution in [1.29, 1.82) is 5.26 Å². The first-order valence-electron chi connectivity index (χ1n) is 7.38. The lowest BCUT2D eigenvalue weighted by molar-refractivity contribution is -0.137. The Hall–Kier alpha value is -2.43. The Morgan fingerprint density at radius 2 is 1.92 bits per heavy atom. The molecule has 2 nitrogen and oxygen atoms in total. The molecule has 0 aliphatic rings. The van der Waals surface area contributed by atoms with E-state index in [4.69, 9.17) is 0 Å². The average molecular weight is 435 g/mol. The SMILES string of the molecule is N#CC(=Cc1ccccc1C(F)(F)F)c1nc(-c2cccc(Br)c2)cs1. The Bertz CT molecular complexity index is 1020. The van der Waals surface area contributed by atoms with Crippen LogP contribution < -0.4 is 0 Å². The lowest BCUT2D eigenvalue weighted by atomic mass is 10.0. The molecule has 0 radical (unpaired) electrons. The van der Waals surface area contributed by atoms with Gasteiger partial charge in [-0.05, 0) is 29.8 Å². The van der Waals surface area contributed by atoms with Crippen LogP contribution in [0.3, 0.4) is 0 Å². The van der Waals surface area contributed by atoms with Crippen molar-refractivity contribution in [3.05, 3.63) is 74.5 Å². The van der Waals surface area contributed by atoms with Crippen molar-refractivity contribution >= 4 is 38.9 Å². The Labute approximate surface area is 160 Å². The second-order valence-corrected chi connectivity index (χ2v) is 7.08. The molecule has 0 atom stereocenters. The van der Waals surface area contributed by atoms with E-state index in [-0.39, 0.29) is 11.1 Å². The van der Waals surface area contributed by atoms with Crippen molar-refractivity contribution < 1.29 is 13.2 Å². The van der Waals surface area contributed by atoms with Gasteiger partial charge in [0.2, 0.25) is 0 Å². The zero-order valence-electron chi connectivity index (χ0n) is 13.1. The number of hydrogen-bond donors (Lipinski definition) is 0. The largest absolute Gasteiger partial charge is 0.416 e. The molecule has 2 aromatic carbocycles. The van der Waals surface area contributed by atoms with E-state index in [2.05, 4.69) is 20.9 Å². The molecule has 0 aliphatic heterocycles. The zero-order chi connectivity index (χ0) is 18.7. The summed E-state index contributed by atoms with van der Waals surface area (Å²) in [5, 5.41) is 11.6. The molecule has 0 amide bonds. The Kier molecular flexibility index (Phi) is 5.25. The summed E-state index contributed by atoms with van der Waals surface area (Å²) in [4.78, 5) is 4.41. The van der Waals surface area contributed by atoms with Gasteiger partial charge < -0.3 is 0 Å². The first-order chi connectivity index (χ1) is 12.4. The molecule has 0 fully saturated rings. The second kappa shape index (κ2) is 7.44. The van der Waals surface area contributed by atoms with Crippen molar-refractivity contribution in [2.45, 2.75) is 6.18 Å². The molecule has 0 aliphatic carbocycles. The summed E-state index contributed by atoms with van der Waals surface area (Å²) in [6.07, 6.45) is -3.26. The molecule has 0 spiro atoms. The number of nitrogens with zero attached hydrogens (tertiary/aromatic N) is 2. The minimum atomic E-state index is -4.49. The van der Waals surface area contributed by atoms with Crippen molar-refractivity contribution in [2.24, 2.45) is 0 Å². The number of thiazole rings is 1. The standard InChI is InChI=1S/C19H10BrF3N2S/c20-15-6-3-5-13(9-15)17-11-26-18(25-17)14(10-24)8-12-4-1-2-7-16(12)19(21,22)23/h1-9,11H. The Morgan fingerprint density at radius 3 is 2.62 bits per heavy atom. The summed E-state index contributed by atoms with van der Waals surface area (Å²) in [5.41, 5.74) is 0.770. The number of rotatable bonds is 3. The van der Waals surface area contributed by atoms with Gasteiger partial charge >= 0.3 is 6.18 Å². The Morgan fingerprint density at radius 1 is 1.15 bits per heavy atom. The van der Waals surface area contributed by atoms with E-state index in [1.54, 1.807) is 5.38 Å². The number of nitriles is 1. The van der Waals surface area contributed by atoms with Crippen LogP contribution in [0.1, 0.15) is 16.1 Å². The maximum atomic E-state index is 13.1. The van der Waals surface area contributed by atoms with Crippen molar-refractivity contribution in [2.75, 3.05) is 0 Å². The topological polar surface area (TPSA) is 36.7 Å². The number of alkyl halides is 3. The van der Waals surface area contributed by atoms with Gasteiger partial charge in [-0.2, -0.15) is 18.4 Å². The van der Waals surface area contributed by atoms with Crippen LogP contribution >= 0.6 is 27.3 Å². The molecule has 0 N–H and O–H groups in total. The maximum absolute atomic E-state index is 13.1. The van der Waals surface area contributed by atoms with Crippen LogP contribution in [0.4, 0.5) is 13.2 Å². The highest BCUT2D eigenvalue weighted by atomic mass is 79.9. The fourth-order valence-corrected chi connectivity index (χ4v) is 3.55. The lowest BCUT2D eigenvalue weighted by Gasteiger charge is -2.09. The maximum Gasteiger partial charge on any atom is 0.416 e.